The summed E-state index contributed by atoms with van der Waals surface area (Å²) in [4.78, 5) is 11.4. The number of hydrogen-bond acceptors (Lipinski definition) is 2. The molecule has 1 aromatic carbocycles. The van der Waals surface area contributed by atoms with Crippen LogP contribution in [0.15, 0.2) is 30.0 Å². The van der Waals surface area contributed by atoms with Crippen molar-refractivity contribution in [2.75, 3.05) is 5.32 Å². The maximum atomic E-state index is 11.4. The molecule has 1 N–H and O–H groups in total. The van der Waals surface area contributed by atoms with Gasteiger partial charge in [-0.2, -0.15) is 0 Å². The van der Waals surface area contributed by atoms with Crippen molar-refractivity contribution in [1.82, 2.24) is 0 Å². The van der Waals surface area contributed by atoms with Crippen molar-refractivity contribution in [2.24, 2.45) is 0 Å². The van der Waals surface area contributed by atoms with Gasteiger partial charge in [-0.15, -0.1) is 0 Å². The van der Waals surface area contributed by atoms with Crippen molar-refractivity contribution in [3.05, 3.63) is 40.0 Å². The Bertz CT molecular complexity index is 454. The molecule has 0 spiro atoms. The number of hydrogen-bond donors (Lipinski definition) is 1. The molecular weight excluding hydrogens is 245 g/mol. The molecule has 1 fully saturated rings. The number of Topliss-reactive ketones (excluding diaryl/α,β-unsaturated/α-hetero) is 1. The second-order valence-corrected chi connectivity index (χ2v) is 4.48. The number of rotatable bonds is 2. The fraction of sp³-hybridized carbons (Fsp3) is 0.250. The molecule has 1 saturated carbocycles. The van der Waals surface area contributed by atoms with Crippen LogP contribution in [0.2, 0.25) is 10.0 Å². The van der Waals surface area contributed by atoms with Crippen LogP contribution in [0.1, 0.15) is 19.3 Å². The van der Waals surface area contributed by atoms with Crippen molar-refractivity contribution < 1.29 is 4.79 Å². The molecule has 0 amide bonds. The highest BCUT2D eigenvalue weighted by atomic mass is 35.5. The minimum Gasteiger partial charge on any atom is -0.360 e. The van der Waals surface area contributed by atoms with Gasteiger partial charge in [0.2, 0.25) is 0 Å². The lowest BCUT2D eigenvalue weighted by atomic mass is 10.2. The molecule has 4 heteroatoms. The predicted octanol–water partition coefficient (Wildman–Crippen LogP) is 4.04. The van der Waals surface area contributed by atoms with Gasteiger partial charge in [0.1, 0.15) is 0 Å². The van der Waals surface area contributed by atoms with E-state index in [-0.39, 0.29) is 5.78 Å². The van der Waals surface area contributed by atoms with Crippen molar-refractivity contribution in [3.63, 3.8) is 0 Å². The number of ketones is 1. The SMILES string of the molecule is O=C1CCC/C1=C/Nc1cccc(Cl)c1Cl. The lowest BCUT2D eigenvalue weighted by molar-refractivity contribution is -0.114. The summed E-state index contributed by atoms with van der Waals surface area (Å²) in [6.07, 6.45) is 4.16. The van der Waals surface area contributed by atoms with Crippen LogP contribution < -0.4 is 5.32 Å². The third-order valence-corrected chi connectivity index (χ3v) is 3.38. The Hall–Kier alpha value is -0.990. The molecule has 84 valence electrons. The van der Waals surface area contributed by atoms with E-state index < -0.39 is 0 Å². The van der Waals surface area contributed by atoms with Crippen molar-refractivity contribution in [1.29, 1.82) is 0 Å². The zero-order chi connectivity index (χ0) is 11.5. The van der Waals surface area contributed by atoms with Gasteiger partial charge in [-0.1, -0.05) is 29.3 Å². The van der Waals surface area contributed by atoms with E-state index in [1.54, 1.807) is 12.3 Å². The second kappa shape index (κ2) is 4.89. The van der Waals surface area contributed by atoms with Gasteiger partial charge in [-0.3, -0.25) is 4.79 Å². The molecule has 0 saturated heterocycles. The molecule has 1 aliphatic carbocycles. The van der Waals surface area contributed by atoms with Crippen LogP contribution in [0.25, 0.3) is 0 Å². The lowest BCUT2D eigenvalue weighted by Crippen LogP contribution is -1.97. The first-order valence-electron chi connectivity index (χ1n) is 5.11. The summed E-state index contributed by atoms with van der Waals surface area (Å²) >= 11 is 11.9. The molecule has 0 aromatic heterocycles. The van der Waals surface area contributed by atoms with E-state index in [2.05, 4.69) is 5.32 Å². The number of carbonyl (C=O) groups excluding carboxylic acids is 1. The first-order chi connectivity index (χ1) is 7.68. The summed E-state index contributed by atoms with van der Waals surface area (Å²) < 4.78 is 0. The van der Waals surface area contributed by atoms with Gasteiger partial charge < -0.3 is 5.32 Å². The standard InChI is InChI=1S/C12H11Cl2NO/c13-9-4-2-5-10(12(9)14)15-7-8-3-1-6-11(8)16/h2,4-5,7,15H,1,3,6H2/b8-7-. The Balaban J connectivity index is 2.16. The molecule has 0 heterocycles. The number of benzene rings is 1. The van der Waals surface area contributed by atoms with Crippen molar-refractivity contribution >= 4 is 34.7 Å². The molecule has 16 heavy (non-hydrogen) atoms. The van der Waals surface area contributed by atoms with Crippen molar-refractivity contribution in [2.45, 2.75) is 19.3 Å². The molecule has 1 aromatic rings. The van der Waals surface area contributed by atoms with E-state index in [9.17, 15) is 4.79 Å². The number of allylic oxidation sites excluding steroid dienone is 1. The van der Waals surface area contributed by atoms with Crippen LogP contribution in [0.4, 0.5) is 5.69 Å². The van der Waals surface area contributed by atoms with Crippen molar-refractivity contribution in [3.8, 4) is 0 Å². The van der Waals surface area contributed by atoms with Gasteiger partial charge in [0, 0.05) is 18.2 Å². The van der Waals surface area contributed by atoms with Gasteiger partial charge in [0.05, 0.1) is 15.7 Å². The Kier molecular flexibility index (Phi) is 3.52. The fourth-order valence-corrected chi connectivity index (χ4v) is 2.03. The molecule has 1 aliphatic rings. The van der Waals surface area contributed by atoms with Crippen LogP contribution in [-0.2, 0) is 4.79 Å². The van der Waals surface area contributed by atoms with Gasteiger partial charge in [-0.05, 0) is 25.0 Å². The van der Waals surface area contributed by atoms with E-state index in [1.165, 1.54) is 0 Å². The topological polar surface area (TPSA) is 29.1 Å². The monoisotopic (exact) mass is 255 g/mol. The molecule has 0 atom stereocenters. The average molecular weight is 256 g/mol. The predicted molar refractivity (Wildman–Crippen MR) is 67.0 cm³/mol. The van der Waals surface area contributed by atoms with E-state index >= 15 is 0 Å². The highest BCUT2D eigenvalue weighted by Gasteiger charge is 2.16. The van der Waals surface area contributed by atoms with Gasteiger partial charge in [-0.25, -0.2) is 0 Å². The summed E-state index contributed by atoms with van der Waals surface area (Å²) in [5, 5.41) is 4.01. The number of halogens is 2. The van der Waals surface area contributed by atoms with E-state index in [0.29, 0.717) is 16.5 Å². The second-order valence-electron chi connectivity index (χ2n) is 3.69. The van der Waals surface area contributed by atoms with E-state index in [4.69, 9.17) is 23.2 Å². The number of anilines is 1. The third-order valence-electron chi connectivity index (χ3n) is 2.56. The minimum absolute atomic E-state index is 0.214. The minimum atomic E-state index is 0.214. The molecule has 2 nitrogen and oxygen atoms in total. The first-order valence-corrected chi connectivity index (χ1v) is 5.87. The first kappa shape index (κ1) is 11.5. The molecule has 0 bridgehead atoms. The largest absolute Gasteiger partial charge is 0.360 e. The van der Waals surface area contributed by atoms with Crippen LogP contribution >= 0.6 is 23.2 Å². The Morgan fingerprint density at radius 2 is 2.06 bits per heavy atom. The summed E-state index contributed by atoms with van der Waals surface area (Å²) in [6.45, 7) is 0. The maximum absolute atomic E-state index is 11.4. The molecular formula is C12H11Cl2NO. The molecule has 2 rings (SSSR count). The Morgan fingerprint density at radius 1 is 1.25 bits per heavy atom. The van der Waals surface area contributed by atoms with Gasteiger partial charge in [0.15, 0.2) is 5.78 Å². The maximum Gasteiger partial charge on any atom is 0.160 e. The zero-order valence-electron chi connectivity index (χ0n) is 8.59. The average Bonchev–Trinajstić information content (AvgIpc) is 2.67. The lowest BCUT2D eigenvalue weighted by Gasteiger charge is -2.05. The summed E-state index contributed by atoms with van der Waals surface area (Å²) in [7, 11) is 0. The Labute approximate surface area is 104 Å². The third kappa shape index (κ3) is 2.39. The van der Waals surface area contributed by atoms with Crippen LogP contribution in [0.3, 0.4) is 0 Å². The van der Waals surface area contributed by atoms with Crippen LogP contribution in [0, 0.1) is 0 Å². The van der Waals surface area contributed by atoms with E-state index in [1.807, 2.05) is 12.1 Å². The van der Waals surface area contributed by atoms with E-state index in [0.717, 1.165) is 24.1 Å². The highest BCUT2D eigenvalue weighted by Crippen LogP contribution is 2.30. The smallest absolute Gasteiger partial charge is 0.160 e. The van der Waals surface area contributed by atoms with Gasteiger partial charge >= 0.3 is 0 Å². The molecule has 0 aliphatic heterocycles. The van der Waals surface area contributed by atoms with Crippen LogP contribution in [-0.4, -0.2) is 5.78 Å². The molecule has 0 unspecified atom stereocenters. The highest BCUT2D eigenvalue weighted by molar-refractivity contribution is 6.43. The summed E-state index contributed by atoms with van der Waals surface area (Å²) in [5.74, 6) is 0.214. The molecule has 0 radical (unpaired) electrons. The number of carbonyl (C=O) groups is 1. The summed E-state index contributed by atoms with van der Waals surface area (Å²) in [6, 6.07) is 5.36. The van der Waals surface area contributed by atoms with Crippen LogP contribution in [0.5, 0.6) is 0 Å². The quantitative estimate of drug-likeness (QED) is 0.809. The normalized spacial score (nSPS) is 18.1. The zero-order valence-corrected chi connectivity index (χ0v) is 10.1. The fourth-order valence-electron chi connectivity index (χ4n) is 1.67. The van der Waals surface area contributed by atoms with Gasteiger partial charge in [0.25, 0.3) is 0 Å². The number of nitrogens with one attached hydrogen (secondary N) is 1. The Morgan fingerprint density at radius 3 is 2.75 bits per heavy atom. The summed E-state index contributed by atoms with van der Waals surface area (Å²) in [5.41, 5.74) is 1.55.